The maximum atomic E-state index is 12.0. The molecule has 0 aliphatic carbocycles. The van der Waals surface area contributed by atoms with Crippen LogP contribution in [0.4, 0.5) is 4.79 Å². The van der Waals surface area contributed by atoms with E-state index in [0.717, 1.165) is 30.9 Å². The fourth-order valence-corrected chi connectivity index (χ4v) is 3.86. The summed E-state index contributed by atoms with van der Waals surface area (Å²) < 4.78 is 10.5. The quantitative estimate of drug-likeness (QED) is 0.830. The van der Waals surface area contributed by atoms with Gasteiger partial charge in [-0.05, 0) is 17.7 Å². The Morgan fingerprint density at radius 1 is 1.36 bits per heavy atom. The smallest absolute Gasteiger partial charge is 0.410 e. The molecule has 0 N–H and O–H groups in total. The molecule has 22 heavy (non-hydrogen) atoms. The van der Waals surface area contributed by atoms with Crippen LogP contribution in [0.3, 0.4) is 0 Å². The van der Waals surface area contributed by atoms with Crippen LogP contribution in [0.5, 0.6) is 5.75 Å². The third kappa shape index (κ3) is 3.67. The molecule has 120 valence electrons. The van der Waals surface area contributed by atoms with E-state index in [0.29, 0.717) is 13.2 Å². The normalized spacial score (nSPS) is 22.7. The van der Waals surface area contributed by atoms with Crippen LogP contribution in [0, 0.1) is 0 Å². The summed E-state index contributed by atoms with van der Waals surface area (Å²) in [6.45, 7) is 4.16. The third-order valence-corrected chi connectivity index (χ3v) is 5.08. The van der Waals surface area contributed by atoms with Crippen molar-refractivity contribution in [2.45, 2.75) is 12.6 Å². The molecule has 2 saturated heterocycles. The van der Waals surface area contributed by atoms with Crippen molar-refractivity contribution in [3.05, 3.63) is 29.8 Å². The van der Waals surface area contributed by atoms with Crippen LogP contribution >= 0.6 is 11.8 Å². The van der Waals surface area contributed by atoms with Crippen molar-refractivity contribution in [1.29, 1.82) is 0 Å². The highest BCUT2D eigenvalue weighted by Gasteiger charge is 2.34. The molecule has 2 fully saturated rings. The van der Waals surface area contributed by atoms with E-state index in [1.807, 2.05) is 40.9 Å². The average Bonchev–Trinajstić information content (AvgIpc) is 2.89. The molecule has 2 aliphatic rings. The van der Waals surface area contributed by atoms with E-state index < -0.39 is 0 Å². The lowest BCUT2D eigenvalue weighted by atomic mass is 10.1. The first kappa shape index (κ1) is 15.5. The molecule has 1 atom stereocenters. The number of carbonyl (C=O) groups is 1. The molecule has 0 bridgehead atoms. The molecular formula is C16H22N2O3S. The number of cyclic esters (lactones) is 1. The van der Waals surface area contributed by atoms with E-state index in [1.54, 1.807) is 7.11 Å². The summed E-state index contributed by atoms with van der Waals surface area (Å²) in [6.07, 6.45) is -0.209. The molecule has 1 aromatic rings. The molecular weight excluding hydrogens is 300 g/mol. The number of carbonyl (C=O) groups excluding carboxylic acids is 1. The van der Waals surface area contributed by atoms with Gasteiger partial charge in [0.1, 0.15) is 12.4 Å². The van der Waals surface area contributed by atoms with Gasteiger partial charge in [0.25, 0.3) is 0 Å². The number of nitrogens with zero attached hydrogens (tertiary/aromatic N) is 2. The molecule has 3 rings (SSSR count). The fourth-order valence-electron chi connectivity index (χ4n) is 2.88. The lowest BCUT2D eigenvalue weighted by Gasteiger charge is -2.31. The summed E-state index contributed by atoms with van der Waals surface area (Å²) >= 11 is 2.00. The van der Waals surface area contributed by atoms with Crippen LogP contribution in [0.25, 0.3) is 0 Å². The van der Waals surface area contributed by atoms with Gasteiger partial charge in [-0.25, -0.2) is 4.79 Å². The van der Waals surface area contributed by atoms with E-state index in [9.17, 15) is 4.79 Å². The largest absolute Gasteiger partial charge is 0.497 e. The maximum absolute atomic E-state index is 12.0. The molecule has 6 heteroatoms. The van der Waals surface area contributed by atoms with Crippen molar-refractivity contribution >= 4 is 17.9 Å². The number of hydrogen-bond acceptors (Lipinski definition) is 5. The predicted molar refractivity (Wildman–Crippen MR) is 87.4 cm³/mol. The topological polar surface area (TPSA) is 42.0 Å². The Labute approximate surface area is 135 Å². The minimum Gasteiger partial charge on any atom is -0.497 e. The third-order valence-electron chi connectivity index (χ3n) is 4.13. The van der Waals surface area contributed by atoms with Gasteiger partial charge < -0.3 is 9.47 Å². The highest BCUT2D eigenvalue weighted by atomic mass is 32.2. The predicted octanol–water partition coefficient (Wildman–Crippen LogP) is 2.06. The standard InChI is InChI=1S/C16H22N2O3S/c1-20-15-4-2-3-13(9-15)10-18-14(12-21-16(18)19)11-17-5-7-22-8-6-17/h2-4,9,14H,5-8,10-12H2,1H3/t14-/m1/s1. The summed E-state index contributed by atoms with van der Waals surface area (Å²) in [5, 5.41) is 0. The second kappa shape index (κ2) is 7.24. The Morgan fingerprint density at radius 3 is 2.95 bits per heavy atom. The van der Waals surface area contributed by atoms with Gasteiger partial charge in [-0.1, -0.05) is 12.1 Å². The molecule has 1 aromatic carbocycles. The maximum Gasteiger partial charge on any atom is 0.410 e. The summed E-state index contributed by atoms with van der Waals surface area (Å²) in [7, 11) is 1.65. The zero-order valence-corrected chi connectivity index (χ0v) is 13.7. The van der Waals surface area contributed by atoms with Crippen LogP contribution in [0.15, 0.2) is 24.3 Å². The van der Waals surface area contributed by atoms with Gasteiger partial charge in [-0.3, -0.25) is 9.80 Å². The summed E-state index contributed by atoms with van der Waals surface area (Å²) in [4.78, 5) is 16.3. The Morgan fingerprint density at radius 2 is 2.18 bits per heavy atom. The number of benzene rings is 1. The van der Waals surface area contributed by atoms with Crippen LogP contribution in [0.1, 0.15) is 5.56 Å². The van der Waals surface area contributed by atoms with Crippen LogP contribution < -0.4 is 4.74 Å². The number of hydrogen-bond donors (Lipinski definition) is 0. The van der Waals surface area contributed by atoms with Crippen molar-refractivity contribution < 1.29 is 14.3 Å². The number of amides is 1. The van der Waals surface area contributed by atoms with Gasteiger partial charge in [0.15, 0.2) is 0 Å². The van der Waals surface area contributed by atoms with Gasteiger partial charge in [-0.15, -0.1) is 0 Å². The lowest BCUT2D eigenvalue weighted by molar-refractivity contribution is 0.154. The van der Waals surface area contributed by atoms with Gasteiger partial charge in [0.05, 0.1) is 13.2 Å². The number of thioether (sulfide) groups is 1. The Balaban J connectivity index is 1.65. The molecule has 1 amide bonds. The van der Waals surface area contributed by atoms with Gasteiger partial charge >= 0.3 is 6.09 Å². The second-order valence-electron chi connectivity index (χ2n) is 5.62. The highest BCUT2D eigenvalue weighted by molar-refractivity contribution is 7.99. The second-order valence-corrected chi connectivity index (χ2v) is 6.85. The van der Waals surface area contributed by atoms with Gasteiger partial charge in [0, 0.05) is 37.7 Å². The van der Waals surface area contributed by atoms with E-state index in [-0.39, 0.29) is 12.1 Å². The van der Waals surface area contributed by atoms with E-state index >= 15 is 0 Å². The van der Waals surface area contributed by atoms with E-state index in [4.69, 9.17) is 9.47 Å². The first-order chi connectivity index (χ1) is 10.8. The van der Waals surface area contributed by atoms with Crippen molar-refractivity contribution in [3.63, 3.8) is 0 Å². The number of methoxy groups -OCH3 is 1. The Bertz CT molecular complexity index is 520. The summed E-state index contributed by atoms with van der Waals surface area (Å²) in [6, 6.07) is 7.99. The first-order valence-corrected chi connectivity index (χ1v) is 8.78. The number of rotatable bonds is 5. The van der Waals surface area contributed by atoms with Crippen LogP contribution in [-0.2, 0) is 11.3 Å². The zero-order valence-electron chi connectivity index (χ0n) is 12.9. The average molecular weight is 322 g/mol. The molecule has 5 nitrogen and oxygen atoms in total. The summed E-state index contributed by atoms with van der Waals surface area (Å²) in [5.41, 5.74) is 1.07. The minimum absolute atomic E-state index is 0.141. The molecule has 0 radical (unpaired) electrons. The molecule has 2 aliphatic heterocycles. The number of ether oxygens (including phenoxy) is 2. The molecule has 2 heterocycles. The lowest BCUT2D eigenvalue weighted by Crippen LogP contribution is -2.45. The summed E-state index contributed by atoms with van der Waals surface area (Å²) in [5.74, 6) is 3.17. The molecule has 0 spiro atoms. The van der Waals surface area contributed by atoms with Gasteiger partial charge in [0.2, 0.25) is 0 Å². The Kier molecular flexibility index (Phi) is 5.10. The Hall–Kier alpha value is -1.40. The highest BCUT2D eigenvalue weighted by Crippen LogP contribution is 2.21. The zero-order chi connectivity index (χ0) is 15.4. The van der Waals surface area contributed by atoms with Crippen LogP contribution in [-0.4, -0.2) is 66.8 Å². The minimum atomic E-state index is -0.209. The monoisotopic (exact) mass is 322 g/mol. The van der Waals surface area contributed by atoms with Crippen molar-refractivity contribution in [1.82, 2.24) is 9.80 Å². The fraction of sp³-hybridized carbons (Fsp3) is 0.562. The van der Waals surface area contributed by atoms with Crippen molar-refractivity contribution in [3.8, 4) is 5.75 Å². The molecule has 0 unspecified atom stereocenters. The van der Waals surface area contributed by atoms with E-state index in [2.05, 4.69) is 4.90 Å². The SMILES string of the molecule is COc1cccc(CN2C(=O)OC[C@H]2CN2CCSCC2)c1. The van der Waals surface area contributed by atoms with Crippen molar-refractivity contribution in [2.75, 3.05) is 44.9 Å². The van der Waals surface area contributed by atoms with Crippen LogP contribution in [0.2, 0.25) is 0 Å². The van der Waals surface area contributed by atoms with Gasteiger partial charge in [-0.2, -0.15) is 11.8 Å². The molecule has 0 saturated carbocycles. The van der Waals surface area contributed by atoms with Crippen molar-refractivity contribution in [2.24, 2.45) is 0 Å². The first-order valence-electron chi connectivity index (χ1n) is 7.62. The molecule has 0 aromatic heterocycles. The van der Waals surface area contributed by atoms with E-state index in [1.165, 1.54) is 11.5 Å².